The van der Waals surface area contributed by atoms with Gasteiger partial charge in [-0.25, -0.2) is 0 Å². The van der Waals surface area contributed by atoms with Gasteiger partial charge in [-0.1, -0.05) is 67.5 Å². The summed E-state index contributed by atoms with van der Waals surface area (Å²) in [6, 6.07) is 8.35. The van der Waals surface area contributed by atoms with Gasteiger partial charge in [-0.05, 0) is 93.5 Å². The van der Waals surface area contributed by atoms with E-state index in [2.05, 4.69) is 81.4 Å². The number of ether oxygens (including phenoxy) is 16. The molecule has 94 heavy (non-hydrogen) atoms. The van der Waals surface area contributed by atoms with Gasteiger partial charge in [0.05, 0.1) is 125 Å². The quantitative estimate of drug-likeness (QED) is 0.0471. The van der Waals surface area contributed by atoms with Gasteiger partial charge in [0.25, 0.3) is 0 Å². The van der Waals surface area contributed by atoms with Crippen LogP contribution in [0.2, 0.25) is 0 Å². The molecule has 0 aliphatic heterocycles. The van der Waals surface area contributed by atoms with Crippen molar-refractivity contribution in [3.8, 4) is 91.2 Å². The van der Waals surface area contributed by atoms with Crippen LogP contribution in [0.1, 0.15) is 146 Å². The summed E-state index contributed by atoms with van der Waals surface area (Å²) in [7, 11) is 26.3. The maximum Gasteiger partial charge on any atom is 0.167 e. The van der Waals surface area contributed by atoms with E-state index in [1.807, 2.05) is 12.1 Å². The molecule has 18 heteroatoms. The van der Waals surface area contributed by atoms with Gasteiger partial charge in [0, 0.05) is 117 Å². The second kappa shape index (κ2) is 31.6. The Morgan fingerprint density at radius 2 is 0.457 bits per heavy atom. The number of aryl methyl sites for hydroxylation is 2. The highest BCUT2D eigenvalue weighted by Crippen LogP contribution is 2.59. The summed E-state index contributed by atoms with van der Waals surface area (Å²) in [6.45, 7) is 21.5. The van der Waals surface area contributed by atoms with Crippen LogP contribution < -0.4 is 56.8 Å². The lowest BCUT2D eigenvalue weighted by Gasteiger charge is -2.28. The number of fused-ring (bicyclic) bond motifs is 4. The van der Waals surface area contributed by atoms with Crippen LogP contribution in [-0.4, -0.2) is 124 Å². The van der Waals surface area contributed by atoms with Crippen LogP contribution in [0.3, 0.4) is 0 Å². The van der Waals surface area contributed by atoms with E-state index in [0.29, 0.717) is 104 Å². The number of rotatable bonds is 28. The molecule has 512 valence electrons. The van der Waals surface area contributed by atoms with Crippen molar-refractivity contribution in [2.45, 2.75) is 133 Å². The average molecular weight is 1300 g/mol. The number of benzene rings is 8. The van der Waals surface area contributed by atoms with E-state index >= 15 is 0 Å². The second-order valence-corrected chi connectivity index (χ2v) is 24.3. The number of hydrogen-bond donors (Lipinski definition) is 2. The molecular weight excluding hydrogens is 1200 g/mol. The summed E-state index contributed by atoms with van der Waals surface area (Å²) >= 11 is 0. The summed E-state index contributed by atoms with van der Waals surface area (Å²) in [5.41, 5.74) is 13.2. The number of methoxy groups -OCH3 is 16. The van der Waals surface area contributed by atoms with Crippen LogP contribution in [-0.2, 0) is 58.6 Å². The lowest BCUT2D eigenvalue weighted by atomic mass is 9.82. The van der Waals surface area contributed by atoms with Gasteiger partial charge >= 0.3 is 0 Å². The lowest BCUT2D eigenvalue weighted by molar-refractivity contribution is 0.181. The Bertz CT molecular complexity index is 3810. The highest BCUT2D eigenvalue weighted by Gasteiger charge is 2.36. The first kappa shape index (κ1) is 73.6. The molecule has 0 unspecified atom stereocenters. The van der Waals surface area contributed by atoms with Gasteiger partial charge in [-0.15, -0.1) is 0 Å². The zero-order valence-electron chi connectivity index (χ0n) is 60.3. The Morgan fingerprint density at radius 1 is 0.266 bits per heavy atom. The zero-order chi connectivity index (χ0) is 69.5. The zero-order valence-corrected chi connectivity index (χ0v) is 60.3. The Balaban J connectivity index is 0.000000266. The van der Waals surface area contributed by atoms with Gasteiger partial charge in [0.15, 0.2) is 46.0 Å². The van der Waals surface area contributed by atoms with Crippen molar-refractivity contribution in [3.05, 3.63) is 91.0 Å². The number of aliphatic hydroxyl groups is 2. The Labute approximate surface area is 555 Å². The molecule has 0 aromatic heterocycles. The predicted molar refractivity (Wildman–Crippen MR) is 373 cm³/mol. The molecule has 0 aliphatic rings. The molecule has 8 aromatic rings. The summed E-state index contributed by atoms with van der Waals surface area (Å²) in [5.74, 6) is 7.62. The van der Waals surface area contributed by atoms with E-state index in [-0.39, 0.29) is 50.1 Å². The molecule has 0 saturated heterocycles. The molecular formula is C76H100O18. The molecule has 2 N–H and O–H groups in total. The largest absolute Gasteiger partial charge is 0.495 e. The minimum Gasteiger partial charge on any atom is -0.495 e. The highest BCUT2D eigenvalue weighted by molar-refractivity contribution is 6.11. The minimum absolute atomic E-state index is 0.0201. The van der Waals surface area contributed by atoms with Crippen molar-refractivity contribution >= 4 is 43.1 Å². The fourth-order valence-electron chi connectivity index (χ4n) is 14.4. The molecule has 0 fully saturated rings. The van der Waals surface area contributed by atoms with Crippen LogP contribution in [0.15, 0.2) is 24.3 Å². The van der Waals surface area contributed by atoms with E-state index in [4.69, 9.17) is 75.8 Å². The van der Waals surface area contributed by atoms with Gasteiger partial charge in [0.2, 0.25) is 0 Å². The van der Waals surface area contributed by atoms with Crippen LogP contribution in [0, 0.1) is 13.8 Å². The van der Waals surface area contributed by atoms with Crippen LogP contribution >= 0.6 is 0 Å². The summed E-state index contributed by atoms with van der Waals surface area (Å²) < 4.78 is 96.2. The first-order valence-electron chi connectivity index (χ1n) is 31.5. The first-order chi connectivity index (χ1) is 45.1. The third kappa shape index (κ3) is 12.5. The second-order valence-electron chi connectivity index (χ2n) is 24.3. The van der Waals surface area contributed by atoms with E-state index in [0.717, 1.165) is 110 Å². The van der Waals surface area contributed by atoms with E-state index in [1.165, 1.54) is 0 Å². The molecule has 0 heterocycles. The van der Waals surface area contributed by atoms with Crippen molar-refractivity contribution < 1.29 is 86.0 Å². The van der Waals surface area contributed by atoms with Gasteiger partial charge in [-0.3, -0.25) is 0 Å². The lowest BCUT2D eigenvalue weighted by Crippen LogP contribution is -2.09. The predicted octanol–water partition coefficient (Wildman–Crippen LogP) is 16.1. The third-order valence-corrected chi connectivity index (χ3v) is 17.7. The average Bonchev–Trinajstić information content (AvgIpc) is 0.723. The molecule has 0 saturated carbocycles. The normalized spacial score (nSPS) is 11.6. The molecule has 8 aromatic carbocycles. The molecule has 0 atom stereocenters. The van der Waals surface area contributed by atoms with E-state index in [1.54, 1.807) is 114 Å². The number of aliphatic hydroxyl groups excluding tert-OH is 2. The summed E-state index contributed by atoms with van der Waals surface area (Å²) in [5, 5.41) is 29.1. The minimum atomic E-state index is -0.326. The van der Waals surface area contributed by atoms with Gasteiger partial charge in [-0.2, -0.15) is 0 Å². The summed E-state index contributed by atoms with van der Waals surface area (Å²) in [4.78, 5) is 0. The molecule has 0 spiro atoms. The topological polar surface area (TPSA) is 188 Å². The molecule has 0 bridgehead atoms. The molecule has 0 radical (unpaired) electrons. The van der Waals surface area contributed by atoms with Crippen molar-refractivity contribution in [2.75, 3.05) is 114 Å². The van der Waals surface area contributed by atoms with Crippen molar-refractivity contribution in [3.63, 3.8) is 0 Å². The Morgan fingerprint density at radius 3 is 0.628 bits per heavy atom. The van der Waals surface area contributed by atoms with Crippen LogP contribution in [0.4, 0.5) is 0 Å². The number of hydrogen-bond acceptors (Lipinski definition) is 18. The fourth-order valence-corrected chi connectivity index (χ4v) is 14.4. The van der Waals surface area contributed by atoms with Crippen molar-refractivity contribution in [1.29, 1.82) is 0 Å². The highest BCUT2D eigenvalue weighted by atomic mass is 16.5. The fraction of sp³-hybridized carbons (Fsp3) is 0.474. The smallest absolute Gasteiger partial charge is 0.167 e. The van der Waals surface area contributed by atoms with Gasteiger partial charge in [0.1, 0.15) is 23.0 Å². The molecule has 0 aliphatic carbocycles. The van der Waals surface area contributed by atoms with E-state index < -0.39 is 0 Å². The maximum absolute atomic E-state index is 11.0. The van der Waals surface area contributed by atoms with Crippen molar-refractivity contribution in [1.82, 2.24) is 0 Å². The maximum atomic E-state index is 11.0. The van der Waals surface area contributed by atoms with Crippen molar-refractivity contribution in [2.24, 2.45) is 0 Å². The van der Waals surface area contributed by atoms with Crippen LogP contribution in [0.25, 0.3) is 65.3 Å². The third-order valence-electron chi connectivity index (χ3n) is 17.7. The first-order valence-corrected chi connectivity index (χ1v) is 31.5. The Hall–Kier alpha value is -7.84. The monoisotopic (exact) mass is 1300 g/mol. The van der Waals surface area contributed by atoms with Gasteiger partial charge < -0.3 is 86.0 Å². The summed E-state index contributed by atoms with van der Waals surface area (Å²) in [6.07, 6.45) is 0. The SMILES string of the molecule is COCc1c(OC)c(OC)c(C(C)C)c2cc(C)c(-c3c(C)cc4c(C(C)C)c(OC)c(OC)c(COC)c4c3OC)c(OC)c12.COCc1c(OC)c(OC)c(C(C)C)c2cc(CO)c(-c3c(CO)cc4c(C(C)C)c(OC)c(OC)c(COC)c4c3OC)c(OC)c12. The molecule has 0 amide bonds. The van der Waals surface area contributed by atoms with Crippen LogP contribution in [0.5, 0.6) is 69.0 Å². The Kier molecular flexibility index (Phi) is 24.7. The molecule has 8 rings (SSSR count). The standard InChI is InChI=1S/C38H50O10.C38H50O8/c1-19(2)27-23-13-21(15-39)29(35(45-9)31(23)25(17-41-5)33(43-7)37(27)47-11)30-22(16-40)14-24-28(20(3)4)38(48-12)34(44-8)26(18-42-6)32(24)36(30)46-10;1-19(2)27-23-15-21(5)29(35(43-11)31(23)25(17-39-7)33(41-9)37(27)45-13)30-22(6)16-24-28(20(3)4)38(46-14)34(42-10)26(18-40-8)32(24)36(30)44-12/h13-14,19-20,39-40H,15-18H2,1-12H3;15-16,19-20H,17-18H2,1-14H3. The molecule has 18 nitrogen and oxygen atoms in total. The van der Waals surface area contributed by atoms with E-state index in [9.17, 15) is 10.2 Å².